The lowest BCUT2D eigenvalue weighted by atomic mass is 9.77. The van der Waals surface area contributed by atoms with Crippen molar-refractivity contribution in [3.63, 3.8) is 0 Å². The predicted octanol–water partition coefficient (Wildman–Crippen LogP) is 3.19. The zero-order chi connectivity index (χ0) is 14.5. The minimum absolute atomic E-state index is 0.00200. The molecule has 0 saturated heterocycles. The first-order chi connectivity index (χ1) is 9.61. The van der Waals surface area contributed by atoms with Gasteiger partial charge in [0.05, 0.1) is 0 Å². The average Bonchev–Trinajstić information content (AvgIpc) is 2.46. The highest BCUT2D eigenvalue weighted by molar-refractivity contribution is 6.16. The highest BCUT2D eigenvalue weighted by Gasteiger charge is 2.34. The standard InChI is InChI=1S/C17H21NO2/c1-3-12(2)18-11-15-16(19)9-14(10-17(15)20)13-7-5-4-6-8-13/h4-8,11-12,14-15H,3,9-10H2,1-2H3/t12-,14?,15?/m0/s1. The molecule has 0 aromatic heterocycles. The zero-order valence-electron chi connectivity index (χ0n) is 12.1. The first-order valence-electron chi connectivity index (χ1n) is 7.25. The van der Waals surface area contributed by atoms with Crippen LogP contribution in [0.25, 0.3) is 0 Å². The monoisotopic (exact) mass is 271 g/mol. The number of carbonyl (C=O) groups is 2. The number of aliphatic imine (C=N–C) groups is 1. The van der Waals surface area contributed by atoms with Crippen LogP contribution in [0.4, 0.5) is 0 Å². The van der Waals surface area contributed by atoms with E-state index in [1.54, 1.807) is 6.21 Å². The van der Waals surface area contributed by atoms with E-state index in [1.807, 2.05) is 44.2 Å². The summed E-state index contributed by atoms with van der Waals surface area (Å²) in [6, 6.07) is 9.97. The molecule has 1 aromatic rings. The summed E-state index contributed by atoms with van der Waals surface area (Å²) < 4.78 is 0. The Morgan fingerprint density at radius 1 is 1.20 bits per heavy atom. The van der Waals surface area contributed by atoms with E-state index < -0.39 is 5.92 Å². The maximum absolute atomic E-state index is 12.2. The van der Waals surface area contributed by atoms with Gasteiger partial charge in [-0.3, -0.25) is 14.6 Å². The van der Waals surface area contributed by atoms with Crippen molar-refractivity contribution >= 4 is 17.8 Å². The van der Waals surface area contributed by atoms with Crippen molar-refractivity contribution in [2.24, 2.45) is 10.9 Å². The summed E-state index contributed by atoms with van der Waals surface area (Å²) in [5.74, 6) is -0.585. The number of ketones is 2. The summed E-state index contributed by atoms with van der Waals surface area (Å²) in [4.78, 5) is 28.7. The molecule has 0 aliphatic heterocycles. The van der Waals surface area contributed by atoms with E-state index in [1.165, 1.54) is 0 Å². The van der Waals surface area contributed by atoms with Crippen LogP contribution in [0.15, 0.2) is 35.3 Å². The molecule has 0 amide bonds. The van der Waals surface area contributed by atoms with E-state index in [0.29, 0.717) is 12.8 Å². The molecule has 1 saturated carbocycles. The second-order valence-corrected chi connectivity index (χ2v) is 5.48. The maximum Gasteiger partial charge on any atom is 0.149 e. The molecular formula is C17H21NO2. The van der Waals surface area contributed by atoms with Crippen LogP contribution >= 0.6 is 0 Å². The molecule has 3 heteroatoms. The Hall–Kier alpha value is -1.77. The second-order valence-electron chi connectivity index (χ2n) is 5.48. The predicted molar refractivity (Wildman–Crippen MR) is 80.2 cm³/mol. The number of hydrogen-bond donors (Lipinski definition) is 0. The Balaban J connectivity index is 2.07. The third kappa shape index (κ3) is 3.41. The molecule has 0 heterocycles. The van der Waals surface area contributed by atoms with Crippen LogP contribution in [0.2, 0.25) is 0 Å². The first-order valence-corrected chi connectivity index (χ1v) is 7.25. The van der Waals surface area contributed by atoms with Crippen molar-refractivity contribution < 1.29 is 9.59 Å². The summed E-state index contributed by atoms with van der Waals surface area (Å²) in [7, 11) is 0. The molecule has 2 rings (SSSR count). The molecule has 1 aliphatic rings. The SMILES string of the molecule is CC[C@H](C)N=CC1C(=O)CC(c2ccccc2)CC1=O. The number of Topliss-reactive ketones (excluding diaryl/α,β-unsaturated/α-hetero) is 2. The van der Waals surface area contributed by atoms with Crippen molar-refractivity contribution in [2.75, 3.05) is 0 Å². The summed E-state index contributed by atoms with van der Waals surface area (Å²) in [5, 5.41) is 0. The Labute approximate surface area is 120 Å². The van der Waals surface area contributed by atoms with Gasteiger partial charge in [0.2, 0.25) is 0 Å². The Kier molecular flexibility index (Phi) is 4.83. The van der Waals surface area contributed by atoms with Crippen molar-refractivity contribution in [1.82, 2.24) is 0 Å². The van der Waals surface area contributed by atoms with E-state index >= 15 is 0 Å². The molecule has 0 spiro atoms. The van der Waals surface area contributed by atoms with Gasteiger partial charge in [0.15, 0.2) is 0 Å². The number of nitrogens with zero attached hydrogens (tertiary/aromatic N) is 1. The normalized spacial score (nSPS) is 25.1. The van der Waals surface area contributed by atoms with Crippen molar-refractivity contribution in [2.45, 2.75) is 45.1 Å². The minimum Gasteiger partial charge on any atom is -0.298 e. The van der Waals surface area contributed by atoms with E-state index in [9.17, 15) is 9.59 Å². The third-order valence-electron chi connectivity index (χ3n) is 3.94. The smallest absolute Gasteiger partial charge is 0.149 e. The molecule has 1 aromatic carbocycles. The molecule has 20 heavy (non-hydrogen) atoms. The van der Waals surface area contributed by atoms with E-state index in [2.05, 4.69) is 4.99 Å². The lowest BCUT2D eigenvalue weighted by Crippen LogP contribution is -2.33. The zero-order valence-corrected chi connectivity index (χ0v) is 12.1. The van der Waals surface area contributed by atoms with Crippen LogP contribution in [0.3, 0.4) is 0 Å². The topological polar surface area (TPSA) is 46.5 Å². The van der Waals surface area contributed by atoms with Gasteiger partial charge in [0.1, 0.15) is 17.5 Å². The van der Waals surface area contributed by atoms with Crippen LogP contribution < -0.4 is 0 Å². The van der Waals surface area contributed by atoms with E-state index in [-0.39, 0.29) is 23.5 Å². The summed E-state index contributed by atoms with van der Waals surface area (Å²) in [6.07, 6.45) is 3.36. The summed E-state index contributed by atoms with van der Waals surface area (Å²) in [6.45, 7) is 4.03. The number of benzene rings is 1. The average molecular weight is 271 g/mol. The third-order valence-corrected chi connectivity index (χ3v) is 3.94. The largest absolute Gasteiger partial charge is 0.298 e. The van der Waals surface area contributed by atoms with Crippen LogP contribution in [-0.4, -0.2) is 23.8 Å². The van der Waals surface area contributed by atoms with Crippen LogP contribution in [0.1, 0.15) is 44.6 Å². The quantitative estimate of drug-likeness (QED) is 0.623. The molecule has 0 bridgehead atoms. The van der Waals surface area contributed by atoms with Gasteiger partial charge >= 0.3 is 0 Å². The summed E-state index contributed by atoms with van der Waals surface area (Å²) >= 11 is 0. The van der Waals surface area contributed by atoms with E-state index in [4.69, 9.17) is 0 Å². The lowest BCUT2D eigenvalue weighted by molar-refractivity contribution is -0.133. The maximum atomic E-state index is 12.2. The van der Waals surface area contributed by atoms with Gasteiger partial charge in [-0.05, 0) is 24.8 Å². The van der Waals surface area contributed by atoms with E-state index in [0.717, 1.165) is 12.0 Å². The number of rotatable bonds is 4. The first kappa shape index (κ1) is 14.6. The molecule has 1 atom stereocenters. The van der Waals surface area contributed by atoms with Crippen LogP contribution in [-0.2, 0) is 9.59 Å². The van der Waals surface area contributed by atoms with Gasteiger partial charge in [-0.2, -0.15) is 0 Å². The Morgan fingerprint density at radius 2 is 1.80 bits per heavy atom. The van der Waals surface area contributed by atoms with Gasteiger partial charge in [-0.25, -0.2) is 0 Å². The number of hydrogen-bond acceptors (Lipinski definition) is 3. The molecule has 1 fully saturated rings. The fraction of sp³-hybridized carbons (Fsp3) is 0.471. The molecule has 3 nitrogen and oxygen atoms in total. The van der Waals surface area contributed by atoms with Crippen LogP contribution in [0, 0.1) is 5.92 Å². The Morgan fingerprint density at radius 3 is 2.35 bits per heavy atom. The van der Waals surface area contributed by atoms with Gasteiger partial charge in [-0.15, -0.1) is 0 Å². The number of carbonyl (C=O) groups excluding carboxylic acids is 2. The van der Waals surface area contributed by atoms with Crippen molar-refractivity contribution in [1.29, 1.82) is 0 Å². The molecule has 1 aliphatic carbocycles. The molecular weight excluding hydrogens is 250 g/mol. The Bertz CT molecular complexity index is 489. The lowest BCUT2D eigenvalue weighted by Gasteiger charge is -2.24. The van der Waals surface area contributed by atoms with Gasteiger partial charge < -0.3 is 0 Å². The molecule has 0 unspecified atom stereocenters. The highest BCUT2D eigenvalue weighted by Crippen LogP contribution is 2.31. The molecule has 0 radical (unpaired) electrons. The fourth-order valence-electron chi connectivity index (χ4n) is 2.46. The van der Waals surface area contributed by atoms with Gasteiger partial charge in [-0.1, -0.05) is 37.3 Å². The minimum atomic E-state index is -0.621. The summed E-state index contributed by atoms with van der Waals surface area (Å²) in [5.41, 5.74) is 1.08. The molecule has 106 valence electrons. The molecule has 0 N–H and O–H groups in total. The van der Waals surface area contributed by atoms with Crippen LogP contribution in [0.5, 0.6) is 0 Å². The second kappa shape index (κ2) is 6.60. The van der Waals surface area contributed by atoms with Crippen molar-refractivity contribution in [3.8, 4) is 0 Å². The fourth-order valence-corrected chi connectivity index (χ4v) is 2.46. The highest BCUT2D eigenvalue weighted by atomic mass is 16.2. The van der Waals surface area contributed by atoms with Crippen molar-refractivity contribution in [3.05, 3.63) is 35.9 Å². The van der Waals surface area contributed by atoms with Gasteiger partial charge in [0, 0.05) is 25.1 Å². The van der Waals surface area contributed by atoms with Gasteiger partial charge in [0.25, 0.3) is 0 Å².